The Morgan fingerprint density at radius 1 is 1.24 bits per heavy atom. The van der Waals surface area contributed by atoms with E-state index in [1.54, 1.807) is 28.8 Å². The van der Waals surface area contributed by atoms with E-state index >= 15 is 0 Å². The number of benzene rings is 2. The average Bonchev–Trinajstić information content (AvgIpc) is 3.14. The molecule has 0 fully saturated rings. The van der Waals surface area contributed by atoms with Gasteiger partial charge in [0.1, 0.15) is 5.75 Å². The van der Waals surface area contributed by atoms with Gasteiger partial charge in [0.15, 0.2) is 4.80 Å². The highest BCUT2D eigenvalue weighted by molar-refractivity contribution is 7.07. The highest BCUT2D eigenvalue weighted by Crippen LogP contribution is 2.31. The molecule has 1 aliphatic rings. The number of methoxy groups -OCH3 is 1. The molecule has 2 aromatic carbocycles. The highest BCUT2D eigenvalue weighted by atomic mass is 35.5. The monoisotopic (exact) mass is 496 g/mol. The van der Waals surface area contributed by atoms with Gasteiger partial charge in [-0.25, -0.2) is 9.79 Å². The van der Waals surface area contributed by atoms with Crippen molar-refractivity contribution in [1.82, 2.24) is 4.57 Å². The maximum Gasteiger partial charge on any atom is 0.338 e. The van der Waals surface area contributed by atoms with Gasteiger partial charge in [-0.15, -0.1) is 0 Å². The van der Waals surface area contributed by atoms with E-state index < -0.39 is 12.0 Å². The molecule has 1 atom stereocenters. The lowest BCUT2D eigenvalue weighted by Crippen LogP contribution is -2.40. The second-order valence-corrected chi connectivity index (χ2v) is 9.49. The standard InChI is InChI=1S/C26H25ClN2O4S/c1-5-19-22(25(31)32-4)23(16-9-7-6-8-10-16)29-24(30)21(34-26(29)28-19)14-17-13-18(27)11-12-20(17)33-15(2)3/h6-15,23H,5H2,1-4H3/b21-14+/t23-/m0/s1. The number of nitrogens with zero attached hydrogens (tertiary/aromatic N) is 2. The lowest BCUT2D eigenvalue weighted by atomic mass is 9.95. The summed E-state index contributed by atoms with van der Waals surface area (Å²) in [7, 11) is 1.34. The zero-order chi connectivity index (χ0) is 24.4. The van der Waals surface area contributed by atoms with Crippen LogP contribution in [0.2, 0.25) is 5.02 Å². The van der Waals surface area contributed by atoms with Gasteiger partial charge in [0.25, 0.3) is 5.56 Å². The molecule has 1 aliphatic heterocycles. The molecule has 3 aromatic rings. The fourth-order valence-electron chi connectivity index (χ4n) is 3.95. The average molecular weight is 497 g/mol. The van der Waals surface area contributed by atoms with Gasteiger partial charge in [-0.3, -0.25) is 9.36 Å². The van der Waals surface area contributed by atoms with E-state index in [-0.39, 0.29) is 11.7 Å². The summed E-state index contributed by atoms with van der Waals surface area (Å²) in [5.74, 6) is 0.139. The summed E-state index contributed by atoms with van der Waals surface area (Å²) < 4.78 is 13.0. The van der Waals surface area contributed by atoms with Gasteiger partial charge in [-0.1, -0.05) is 60.2 Å². The van der Waals surface area contributed by atoms with E-state index in [9.17, 15) is 9.59 Å². The molecule has 1 aromatic heterocycles. The normalized spacial score (nSPS) is 15.8. The Hall–Kier alpha value is -3.16. The Bertz CT molecular complexity index is 1440. The van der Waals surface area contributed by atoms with Crippen molar-refractivity contribution in [3.63, 3.8) is 0 Å². The highest BCUT2D eigenvalue weighted by Gasteiger charge is 2.33. The Morgan fingerprint density at radius 2 is 1.97 bits per heavy atom. The van der Waals surface area contributed by atoms with Gasteiger partial charge in [0.05, 0.1) is 35.1 Å². The number of carbonyl (C=O) groups excluding carboxylic acids is 1. The third kappa shape index (κ3) is 4.58. The largest absolute Gasteiger partial charge is 0.490 e. The number of aromatic nitrogens is 1. The molecule has 0 saturated heterocycles. The van der Waals surface area contributed by atoms with Crippen LogP contribution in [0.15, 0.2) is 69.6 Å². The van der Waals surface area contributed by atoms with Crippen molar-refractivity contribution in [1.29, 1.82) is 0 Å². The number of ether oxygens (including phenoxy) is 2. The summed E-state index contributed by atoms with van der Waals surface area (Å²) in [4.78, 5) is 31.8. The number of rotatable bonds is 6. The quantitative estimate of drug-likeness (QED) is 0.479. The fourth-order valence-corrected chi connectivity index (χ4v) is 5.14. The minimum atomic E-state index is -0.632. The molecular weight excluding hydrogens is 472 g/mol. The number of carbonyl (C=O) groups is 1. The summed E-state index contributed by atoms with van der Waals surface area (Å²) in [6, 6.07) is 14.1. The van der Waals surface area contributed by atoms with Crippen LogP contribution < -0.4 is 19.6 Å². The topological polar surface area (TPSA) is 69.9 Å². The molecule has 176 valence electrons. The number of hydrogen-bond donors (Lipinski definition) is 0. The Labute approximate surface area is 206 Å². The second-order valence-electron chi connectivity index (χ2n) is 8.05. The van der Waals surface area contributed by atoms with E-state index in [0.29, 0.717) is 43.4 Å². The second kappa shape index (κ2) is 9.99. The van der Waals surface area contributed by atoms with Crippen LogP contribution in [0.4, 0.5) is 0 Å². The van der Waals surface area contributed by atoms with Gasteiger partial charge < -0.3 is 9.47 Å². The number of thiazole rings is 1. The molecule has 0 N–H and O–H groups in total. The first-order valence-corrected chi connectivity index (χ1v) is 12.2. The predicted octanol–water partition coefficient (Wildman–Crippen LogP) is 4.24. The molecule has 0 radical (unpaired) electrons. The maximum absolute atomic E-state index is 13.7. The van der Waals surface area contributed by atoms with E-state index in [2.05, 4.69) is 4.99 Å². The number of fused-ring (bicyclic) bond motifs is 1. The van der Waals surface area contributed by atoms with Crippen LogP contribution in [0.1, 0.15) is 44.4 Å². The number of esters is 1. The molecule has 0 aliphatic carbocycles. The molecule has 4 rings (SSSR count). The van der Waals surface area contributed by atoms with E-state index in [1.807, 2.05) is 51.1 Å². The van der Waals surface area contributed by atoms with Crippen LogP contribution in [0.25, 0.3) is 6.08 Å². The van der Waals surface area contributed by atoms with Crippen molar-refractivity contribution in [2.75, 3.05) is 7.11 Å². The molecule has 6 nitrogen and oxygen atoms in total. The molecule has 0 unspecified atom stereocenters. The zero-order valence-electron chi connectivity index (χ0n) is 19.4. The molecule has 0 spiro atoms. The first kappa shape index (κ1) is 24.0. The summed E-state index contributed by atoms with van der Waals surface area (Å²) in [6.45, 7) is 5.80. The van der Waals surface area contributed by atoms with Crippen molar-refractivity contribution in [3.05, 3.63) is 95.6 Å². The van der Waals surface area contributed by atoms with Gasteiger partial charge in [-0.2, -0.15) is 0 Å². The van der Waals surface area contributed by atoms with Gasteiger partial charge in [-0.05, 0) is 50.1 Å². The first-order valence-electron chi connectivity index (χ1n) is 11.0. The Morgan fingerprint density at radius 3 is 2.62 bits per heavy atom. The molecule has 0 bridgehead atoms. The summed E-state index contributed by atoms with van der Waals surface area (Å²) >= 11 is 7.51. The number of hydrogen-bond acceptors (Lipinski definition) is 6. The van der Waals surface area contributed by atoms with E-state index in [4.69, 9.17) is 21.1 Å². The lowest BCUT2D eigenvalue weighted by Gasteiger charge is -2.25. The van der Waals surface area contributed by atoms with Gasteiger partial charge >= 0.3 is 5.97 Å². The Kier molecular flexibility index (Phi) is 7.05. The van der Waals surface area contributed by atoms with Gasteiger partial charge in [0, 0.05) is 10.6 Å². The predicted molar refractivity (Wildman–Crippen MR) is 134 cm³/mol. The smallest absolute Gasteiger partial charge is 0.338 e. The summed E-state index contributed by atoms with van der Waals surface area (Å²) in [5.41, 5.74) is 2.25. The fraction of sp³-hybridized carbons (Fsp3) is 0.269. The van der Waals surface area contributed by atoms with E-state index in [0.717, 1.165) is 5.56 Å². The van der Waals surface area contributed by atoms with Gasteiger partial charge in [0.2, 0.25) is 0 Å². The van der Waals surface area contributed by atoms with Crippen LogP contribution in [0.5, 0.6) is 5.75 Å². The van der Waals surface area contributed by atoms with Crippen LogP contribution in [0.3, 0.4) is 0 Å². The lowest BCUT2D eigenvalue weighted by molar-refractivity contribution is -0.136. The molecule has 8 heteroatoms. The summed E-state index contributed by atoms with van der Waals surface area (Å²) in [5, 5.41) is 0.540. The van der Waals surface area contributed by atoms with Crippen molar-refractivity contribution in [2.45, 2.75) is 39.3 Å². The summed E-state index contributed by atoms with van der Waals surface area (Å²) in [6.07, 6.45) is 2.25. The molecular formula is C26H25ClN2O4S. The van der Waals surface area contributed by atoms with Crippen molar-refractivity contribution >= 4 is 35.0 Å². The SMILES string of the molecule is CCC1=C(C(=O)OC)[C@H](c2ccccc2)n2c(s/c(=C/c3cc(Cl)ccc3OC(C)C)c2=O)=N1. The molecule has 2 heterocycles. The molecule has 0 amide bonds. The van der Waals surface area contributed by atoms with Crippen LogP contribution >= 0.6 is 22.9 Å². The van der Waals surface area contributed by atoms with Crippen molar-refractivity contribution in [2.24, 2.45) is 4.99 Å². The third-order valence-electron chi connectivity index (χ3n) is 5.39. The van der Waals surface area contributed by atoms with Crippen LogP contribution in [-0.2, 0) is 9.53 Å². The third-order valence-corrected chi connectivity index (χ3v) is 6.60. The maximum atomic E-state index is 13.7. The minimum absolute atomic E-state index is 0.0395. The van der Waals surface area contributed by atoms with Crippen LogP contribution in [-0.4, -0.2) is 23.8 Å². The minimum Gasteiger partial charge on any atom is -0.490 e. The van der Waals surface area contributed by atoms with Crippen molar-refractivity contribution < 1.29 is 14.3 Å². The van der Waals surface area contributed by atoms with E-state index in [1.165, 1.54) is 18.4 Å². The first-order chi connectivity index (χ1) is 16.3. The Balaban J connectivity index is 1.98. The molecule has 34 heavy (non-hydrogen) atoms. The zero-order valence-corrected chi connectivity index (χ0v) is 20.9. The van der Waals surface area contributed by atoms with Crippen molar-refractivity contribution in [3.8, 4) is 5.75 Å². The number of allylic oxidation sites excluding steroid dienone is 1. The molecule has 0 saturated carbocycles. The van der Waals surface area contributed by atoms with Crippen LogP contribution in [0, 0.1) is 0 Å². The number of halogens is 1.